The van der Waals surface area contributed by atoms with Crippen molar-refractivity contribution >= 4 is 55.7 Å². The lowest BCUT2D eigenvalue weighted by atomic mass is 10.0. The Bertz CT molecular complexity index is 1160. The van der Waals surface area contributed by atoms with Crippen LogP contribution in [0.2, 0.25) is 0 Å². The second-order valence-electron chi connectivity index (χ2n) is 8.25. The molecule has 0 bridgehead atoms. The van der Waals surface area contributed by atoms with E-state index in [1.165, 1.54) is 0 Å². The number of hydrogen-bond donors (Lipinski definition) is 1. The molecular weight excluding hydrogens is 466 g/mol. The first-order valence-corrected chi connectivity index (χ1v) is 13.8. The number of carbonyl (C=O) groups excluding carboxylic acids is 2. The van der Waals surface area contributed by atoms with E-state index < -0.39 is 6.09 Å². The molecule has 2 heterocycles. The molecule has 2 amide bonds. The standard InChI is InChI=1S/C26H29N3O3S2/c1-3-4-12-25(30)29-15-13-21-19-9-5-6-10-20(19)22(16-23(21)29)28-26(31)32-17-18(2)33-34-24-11-7-8-14-27-24/h5-11,14,16,18H,3-4,12-13,15,17H2,1-2H3,(H,28,31). The predicted molar refractivity (Wildman–Crippen MR) is 142 cm³/mol. The normalized spacial score (nSPS) is 13.5. The van der Waals surface area contributed by atoms with Gasteiger partial charge in [-0.25, -0.2) is 9.78 Å². The molecule has 0 saturated heterocycles. The van der Waals surface area contributed by atoms with Gasteiger partial charge in [-0.2, -0.15) is 0 Å². The minimum atomic E-state index is -0.498. The first-order chi connectivity index (χ1) is 16.6. The number of rotatable bonds is 9. The van der Waals surface area contributed by atoms with Gasteiger partial charge in [0.25, 0.3) is 0 Å². The van der Waals surface area contributed by atoms with Gasteiger partial charge in [0.1, 0.15) is 11.6 Å². The van der Waals surface area contributed by atoms with E-state index in [1.54, 1.807) is 27.8 Å². The Hall–Kier alpha value is -2.71. The second-order valence-corrected chi connectivity index (χ2v) is 10.9. The van der Waals surface area contributed by atoms with Crippen LogP contribution in [0.4, 0.5) is 16.2 Å². The first-order valence-electron chi connectivity index (χ1n) is 11.6. The third-order valence-electron chi connectivity index (χ3n) is 5.68. The minimum absolute atomic E-state index is 0.0983. The summed E-state index contributed by atoms with van der Waals surface area (Å²) < 4.78 is 5.51. The van der Waals surface area contributed by atoms with E-state index in [0.717, 1.165) is 46.3 Å². The van der Waals surface area contributed by atoms with Crippen LogP contribution in [0.1, 0.15) is 38.7 Å². The summed E-state index contributed by atoms with van der Waals surface area (Å²) in [6.07, 6.45) is 4.49. The lowest BCUT2D eigenvalue weighted by Gasteiger charge is -2.20. The van der Waals surface area contributed by atoms with Gasteiger partial charge in [0, 0.05) is 35.5 Å². The summed E-state index contributed by atoms with van der Waals surface area (Å²) in [5.41, 5.74) is 2.72. The molecule has 4 rings (SSSR count). The summed E-state index contributed by atoms with van der Waals surface area (Å²) in [5.74, 6) is 0.140. The fourth-order valence-electron chi connectivity index (χ4n) is 3.99. The highest BCUT2D eigenvalue weighted by Gasteiger charge is 2.27. The minimum Gasteiger partial charge on any atom is -0.448 e. The molecule has 2 aromatic carbocycles. The van der Waals surface area contributed by atoms with Crippen molar-refractivity contribution in [1.82, 2.24) is 4.98 Å². The van der Waals surface area contributed by atoms with E-state index in [0.29, 0.717) is 18.7 Å². The van der Waals surface area contributed by atoms with E-state index in [9.17, 15) is 9.59 Å². The molecule has 1 aliphatic rings. The van der Waals surface area contributed by atoms with Crippen LogP contribution in [0.5, 0.6) is 0 Å². The van der Waals surface area contributed by atoms with Crippen LogP contribution in [0.25, 0.3) is 10.8 Å². The Kier molecular flexibility index (Phi) is 8.34. The molecule has 0 saturated carbocycles. The Balaban J connectivity index is 1.43. The summed E-state index contributed by atoms with van der Waals surface area (Å²) in [6, 6.07) is 15.7. The Morgan fingerprint density at radius 2 is 1.97 bits per heavy atom. The predicted octanol–water partition coefficient (Wildman–Crippen LogP) is 6.69. The van der Waals surface area contributed by atoms with Crippen LogP contribution in [0.15, 0.2) is 59.8 Å². The second kappa shape index (κ2) is 11.6. The van der Waals surface area contributed by atoms with Gasteiger partial charge in [0.15, 0.2) is 0 Å². The van der Waals surface area contributed by atoms with Crippen LogP contribution in [-0.4, -0.2) is 35.4 Å². The van der Waals surface area contributed by atoms with Gasteiger partial charge in [0.2, 0.25) is 5.91 Å². The van der Waals surface area contributed by atoms with Crippen molar-refractivity contribution in [2.45, 2.75) is 49.8 Å². The molecule has 1 atom stereocenters. The smallest absolute Gasteiger partial charge is 0.411 e. The molecule has 0 fully saturated rings. The first kappa shape index (κ1) is 24.4. The van der Waals surface area contributed by atoms with Gasteiger partial charge in [-0.1, -0.05) is 54.5 Å². The molecule has 3 aromatic rings. The number of hydrogen-bond acceptors (Lipinski definition) is 6. The van der Waals surface area contributed by atoms with Crippen LogP contribution in [-0.2, 0) is 16.0 Å². The summed E-state index contributed by atoms with van der Waals surface area (Å²) in [6.45, 7) is 5.06. The highest BCUT2D eigenvalue weighted by molar-refractivity contribution is 8.76. The molecule has 1 N–H and O–H groups in total. The average molecular weight is 496 g/mol. The van der Waals surface area contributed by atoms with Crippen LogP contribution in [0.3, 0.4) is 0 Å². The van der Waals surface area contributed by atoms with Crippen molar-refractivity contribution < 1.29 is 14.3 Å². The Morgan fingerprint density at radius 3 is 2.74 bits per heavy atom. The van der Waals surface area contributed by atoms with Crippen LogP contribution < -0.4 is 10.2 Å². The number of pyridine rings is 1. The van der Waals surface area contributed by atoms with E-state index in [4.69, 9.17) is 4.74 Å². The molecule has 178 valence electrons. The highest BCUT2D eigenvalue weighted by Crippen LogP contribution is 2.39. The van der Waals surface area contributed by atoms with Gasteiger partial charge in [-0.05, 0) is 59.7 Å². The number of ether oxygens (including phenoxy) is 1. The SMILES string of the molecule is CCCCC(=O)N1CCc2c1cc(NC(=O)OCC(C)SSc1ccccn1)c1ccccc21. The maximum atomic E-state index is 12.8. The number of aromatic nitrogens is 1. The molecule has 1 aromatic heterocycles. The lowest BCUT2D eigenvalue weighted by Crippen LogP contribution is -2.28. The molecule has 34 heavy (non-hydrogen) atoms. The third-order valence-corrected chi connectivity index (χ3v) is 8.44. The quantitative estimate of drug-likeness (QED) is 0.333. The maximum Gasteiger partial charge on any atom is 0.411 e. The van der Waals surface area contributed by atoms with Gasteiger partial charge in [-0.3, -0.25) is 10.1 Å². The number of carbonyl (C=O) groups is 2. The number of anilines is 2. The Labute approximate surface area is 208 Å². The topological polar surface area (TPSA) is 71.5 Å². The van der Waals surface area contributed by atoms with E-state index in [-0.39, 0.29) is 17.8 Å². The lowest BCUT2D eigenvalue weighted by molar-refractivity contribution is -0.118. The van der Waals surface area contributed by atoms with Gasteiger partial charge < -0.3 is 9.64 Å². The maximum absolute atomic E-state index is 12.8. The number of benzene rings is 2. The van der Waals surface area contributed by atoms with E-state index >= 15 is 0 Å². The van der Waals surface area contributed by atoms with Crippen molar-refractivity contribution in [3.05, 3.63) is 60.3 Å². The fourth-order valence-corrected chi connectivity index (χ4v) is 5.86. The summed E-state index contributed by atoms with van der Waals surface area (Å²) in [5, 5.41) is 5.96. The molecule has 0 radical (unpaired) electrons. The third kappa shape index (κ3) is 5.85. The molecule has 6 nitrogen and oxygen atoms in total. The number of nitrogens with one attached hydrogen (secondary N) is 1. The Morgan fingerprint density at radius 1 is 1.18 bits per heavy atom. The molecule has 0 spiro atoms. The molecule has 0 aliphatic carbocycles. The monoisotopic (exact) mass is 495 g/mol. The fraction of sp³-hybridized carbons (Fsp3) is 0.346. The molecular formula is C26H29N3O3S2. The van der Waals surface area contributed by atoms with Crippen molar-refractivity contribution in [2.75, 3.05) is 23.4 Å². The zero-order chi connectivity index (χ0) is 23.9. The molecule has 1 aliphatic heterocycles. The number of nitrogens with zero attached hydrogens (tertiary/aromatic N) is 2. The average Bonchev–Trinajstić information content (AvgIpc) is 3.29. The van der Waals surface area contributed by atoms with E-state index in [2.05, 4.69) is 23.3 Å². The number of unbranched alkanes of at least 4 members (excludes halogenated alkanes) is 1. The largest absolute Gasteiger partial charge is 0.448 e. The van der Waals surface area contributed by atoms with Crippen molar-refractivity contribution in [3.63, 3.8) is 0 Å². The van der Waals surface area contributed by atoms with Crippen molar-refractivity contribution in [3.8, 4) is 0 Å². The van der Waals surface area contributed by atoms with Crippen LogP contribution >= 0.6 is 21.6 Å². The zero-order valence-corrected chi connectivity index (χ0v) is 21.1. The highest BCUT2D eigenvalue weighted by atomic mass is 33.1. The van der Waals surface area contributed by atoms with Gasteiger partial charge >= 0.3 is 6.09 Å². The number of amides is 2. The molecule has 1 unspecified atom stereocenters. The van der Waals surface area contributed by atoms with E-state index in [1.807, 2.05) is 54.3 Å². The summed E-state index contributed by atoms with van der Waals surface area (Å²) in [7, 11) is 3.18. The van der Waals surface area contributed by atoms with Gasteiger partial charge in [-0.15, -0.1) is 0 Å². The van der Waals surface area contributed by atoms with Gasteiger partial charge in [0.05, 0.1) is 5.69 Å². The summed E-state index contributed by atoms with van der Waals surface area (Å²) >= 11 is 0. The summed E-state index contributed by atoms with van der Waals surface area (Å²) in [4.78, 5) is 31.6. The van der Waals surface area contributed by atoms with Crippen LogP contribution in [0, 0.1) is 0 Å². The van der Waals surface area contributed by atoms with Crippen molar-refractivity contribution in [2.24, 2.45) is 0 Å². The molecule has 8 heteroatoms. The zero-order valence-electron chi connectivity index (χ0n) is 19.5. The van der Waals surface area contributed by atoms with Crippen molar-refractivity contribution in [1.29, 1.82) is 0 Å². The number of fused-ring (bicyclic) bond motifs is 3.